The highest BCUT2D eigenvalue weighted by Gasteiger charge is 2.24. The summed E-state index contributed by atoms with van der Waals surface area (Å²) in [7, 11) is 0. The standard InChI is InChI=1S/C14H19BrN4O4S/c1-4-19(13(22)23)12(24)17-10-9(5-8(15)6-16-10)11(21)18-14(2,3)7-20/h5-6,20H,4,7H2,1-3H3,(H,18,21)(H,22,23)(H,16,17,24). The molecule has 0 atom stereocenters. The maximum absolute atomic E-state index is 12.5. The van der Waals surface area contributed by atoms with E-state index in [1.54, 1.807) is 20.8 Å². The van der Waals surface area contributed by atoms with Crippen LogP contribution in [0, 0.1) is 0 Å². The molecule has 10 heteroatoms. The second kappa shape index (κ2) is 8.36. The molecule has 2 amide bonds. The van der Waals surface area contributed by atoms with Gasteiger partial charge in [0, 0.05) is 17.2 Å². The third-order valence-corrected chi connectivity index (χ3v) is 3.72. The van der Waals surface area contributed by atoms with Crippen LogP contribution in [-0.2, 0) is 0 Å². The molecule has 0 aliphatic carbocycles. The minimum Gasteiger partial charge on any atom is -0.465 e. The number of hydrogen-bond acceptors (Lipinski definition) is 5. The Hall–Kier alpha value is -1.78. The minimum absolute atomic E-state index is 0.0877. The first-order chi connectivity index (χ1) is 11.1. The number of nitrogens with one attached hydrogen (secondary N) is 2. The van der Waals surface area contributed by atoms with E-state index in [-0.39, 0.29) is 29.6 Å². The molecule has 0 bridgehead atoms. The van der Waals surface area contributed by atoms with Crippen LogP contribution in [0.15, 0.2) is 16.7 Å². The Morgan fingerprint density at radius 3 is 2.58 bits per heavy atom. The molecule has 1 aromatic rings. The highest BCUT2D eigenvalue weighted by molar-refractivity contribution is 9.10. The topological polar surface area (TPSA) is 115 Å². The van der Waals surface area contributed by atoms with Gasteiger partial charge in [-0.2, -0.15) is 0 Å². The second-order valence-corrected chi connectivity index (χ2v) is 6.81. The van der Waals surface area contributed by atoms with Gasteiger partial charge in [-0.3, -0.25) is 9.69 Å². The van der Waals surface area contributed by atoms with Gasteiger partial charge in [0.05, 0.1) is 17.7 Å². The fraction of sp³-hybridized carbons (Fsp3) is 0.429. The number of pyridine rings is 1. The monoisotopic (exact) mass is 418 g/mol. The molecule has 0 fully saturated rings. The number of rotatable bonds is 5. The Morgan fingerprint density at radius 1 is 1.46 bits per heavy atom. The molecular weight excluding hydrogens is 400 g/mol. The van der Waals surface area contributed by atoms with Gasteiger partial charge in [-0.1, -0.05) is 0 Å². The minimum atomic E-state index is -1.21. The number of aliphatic hydroxyl groups excluding tert-OH is 1. The summed E-state index contributed by atoms with van der Waals surface area (Å²) >= 11 is 8.29. The SMILES string of the molecule is CCN(C(=O)O)C(=S)Nc1ncc(Br)cc1C(=O)NC(C)(C)CO. The number of anilines is 1. The van der Waals surface area contributed by atoms with Crippen LogP contribution in [0.4, 0.5) is 10.6 Å². The summed E-state index contributed by atoms with van der Waals surface area (Å²) in [5.41, 5.74) is -0.664. The van der Waals surface area contributed by atoms with E-state index in [1.165, 1.54) is 12.3 Å². The number of nitrogens with zero attached hydrogens (tertiary/aromatic N) is 2. The van der Waals surface area contributed by atoms with Crippen molar-refractivity contribution in [3.05, 3.63) is 22.3 Å². The molecule has 0 radical (unpaired) electrons. The highest BCUT2D eigenvalue weighted by atomic mass is 79.9. The van der Waals surface area contributed by atoms with Gasteiger partial charge in [0.2, 0.25) is 0 Å². The van der Waals surface area contributed by atoms with Crippen LogP contribution in [0.25, 0.3) is 0 Å². The van der Waals surface area contributed by atoms with Crippen LogP contribution >= 0.6 is 28.1 Å². The third-order valence-electron chi connectivity index (χ3n) is 2.96. The largest absolute Gasteiger partial charge is 0.465 e. The van der Waals surface area contributed by atoms with Gasteiger partial charge in [0.15, 0.2) is 5.11 Å². The van der Waals surface area contributed by atoms with Crippen LogP contribution in [0.2, 0.25) is 0 Å². The first-order valence-electron chi connectivity index (χ1n) is 7.01. The molecule has 132 valence electrons. The van der Waals surface area contributed by atoms with Crippen molar-refractivity contribution in [1.29, 1.82) is 0 Å². The first kappa shape index (κ1) is 20.3. The van der Waals surface area contributed by atoms with Crippen LogP contribution < -0.4 is 10.6 Å². The molecule has 1 aromatic heterocycles. The Labute approximate surface area is 153 Å². The lowest BCUT2D eigenvalue weighted by atomic mass is 10.1. The van der Waals surface area contributed by atoms with E-state index in [9.17, 15) is 14.7 Å². The van der Waals surface area contributed by atoms with Crippen molar-refractivity contribution in [3.8, 4) is 0 Å². The highest BCUT2D eigenvalue weighted by Crippen LogP contribution is 2.19. The summed E-state index contributed by atoms with van der Waals surface area (Å²) in [4.78, 5) is 28.6. The molecule has 0 unspecified atom stereocenters. The molecule has 0 saturated heterocycles. The Bertz CT molecular complexity index is 654. The van der Waals surface area contributed by atoms with E-state index >= 15 is 0 Å². The summed E-state index contributed by atoms with van der Waals surface area (Å²) in [6.07, 6.45) is 0.246. The summed E-state index contributed by atoms with van der Waals surface area (Å²) in [6.45, 7) is 4.86. The van der Waals surface area contributed by atoms with E-state index in [4.69, 9.17) is 17.3 Å². The summed E-state index contributed by atoms with van der Waals surface area (Å²) in [5.74, 6) is -0.360. The first-order valence-corrected chi connectivity index (χ1v) is 8.21. The normalized spacial score (nSPS) is 10.9. The fourth-order valence-corrected chi connectivity index (χ4v) is 2.30. The molecule has 1 heterocycles. The zero-order chi connectivity index (χ0) is 18.5. The van der Waals surface area contributed by atoms with Gasteiger partial charge in [0.25, 0.3) is 5.91 Å². The van der Waals surface area contributed by atoms with Crippen molar-refractivity contribution in [2.75, 3.05) is 18.5 Å². The molecule has 4 N–H and O–H groups in total. The van der Waals surface area contributed by atoms with Crippen molar-refractivity contribution >= 4 is 51.1 Å². The van der Waals surface area contributed by atoms with E-state index in [2.05, 4.69) is 31.5 Å². The van der Waals surface area contributed by atoms with Crippen LogP contribution in [0.1, 0.15) is 31.1 Å². The van der Waals surface area contributed by atoms with Gasteiger partial charge in [0.1, 0.15) is 5.82 Å². The van der Waals surface area contributed by atoms with Gasteiger partial charge in [-0.05, 0) is 55.0 Å². The lowest BCUT2D eigenvalue weighted by Gasteiger charge is -2.24. The maximum atomic E-state index is 12.5. The average molecular weight is 419 g/mol. The Kier molecular flexibility index (Phi) is 7.06. The predicted octanol–water partition coefficient (Wildman–Crippen LogP) is 2.04. The number of carbonyl (C=O) groups is 2. The van der Waals surface area contributed by atoms with Crippen molar-refractivity contribution < 1.29 is 19.8 Å². The smallest absolute Gasteiger partial charge is 0.413 e. The predicted molar refractivity (Wildman–Crippen MR) is 97.2 cm³/mol. The maximum Gasteiger partial charge on any atom is 0.413 e. The molecule has 0 aliphatic heterocycles. The van der Waals surface area contributed by atoms with Gasteiger partial charge in [-0.15, -0.1) is 0 Å². The van der Waals surface area contributed by atoms with Crippen molar-refractivity contribution in [1.82, 2.24) is 15.2 Å². The van der Waals surface area contributed by atoms with Crippen molar-refractivity contribution in [3.63, 3.8) is 0 Å². The Balaban J connectivity index is 3.11. The van der Waals surface area contributed by atoms with E-state index in [0.717, 1.165) is 4.90 Å². The van der Waals surface area contributed by atoms with Gasteiger partial charge >= 0.3 is 6.09 Å². The van der Waals surface area contributed by atoms with Crippen molar-refractivity contribution in [2.45, 2.75) is 26.3 Å². The lowest BCUT2D eigenvalue weighted by Crippen LogP contribution is -2.46. The van der Waals surface area contributed by atoms with E-state index in [0.29, 0.717) is 4.47 Å². The van der Waals surface area contributed by atoms with Crippen molar-refractivity contribution in [2.24, 2.45) is 0 Å². The molecule has 0 saturated carbocycles. The average Bonchev–Trinajstić information content (AvgIpc) is 2.48. The number of carboxylic acid groups (broad SMARTS) is 1. The Morgan fingerprint density at radius 2 is 2.08 bits per heavy atom. The molecule has 0 aliphatic rings. The van der Waals surface area contributed by atoms with Crippen LogP contribution in [0.5, 0.6) is 0 Å². The zero-order valence-electron chi connectivity index (χ0n) is 13.5. The van der Waals surface area contributed by atoms with Crippen LogP contribution in [0.3, 0.4) is 0 Å². The molecule has 24 heavy (non-hydrogen) atoms. The zero-order valence-corrected chi connectivity index (χ0v) is 15.9. The summed E-state index contributed by atoms with van der Waals surface area (Å²) < 4.78 is 0.566. The molecular formula is C14H19BrN4O4S. The molecule has 0 aromatic carbocycles. The number of aliphatic hydroxyl groups is 1. The lowest BCUT2D eigenvalue weighted by molar-refractivity contribution is 0.0870. The van der Waals surface area contributed by atoms with Crippen LogP contribution in [-0.4, -0.2) is 55.9 Å². The number of halogens is 1. The van der Waals surface area contributed by atoms with Gasteiger partial charge in [-0.25, -0.2) is 9.78 Å². The number of hydrogen-bond donors (Lipinski definition) is 4. The second-order valence-electron chi connectivity index (χ2n) is 5.50. The number of amides is 2. The van der Waals surface area contributed by atoms with E-state index in [1.807, 2.05) is 0 Å². The fourth-order valence-electron chi connectivity index (χ4n) is 1.66. The molecule has 8 nitrogen and oxygen atoms in total. The van der Waals surface area contributed by atoms with E-state index < -0.39 is 17.5 Å². The molecule has 1 rings (SSSR count). The summed E-state index contributed by atoms with van der Waals surface area (Å²) in [5, 5.41) is 23.6. The summed E-state index contributed by atoms with van der Waals surface area (Å²) in [6, 6.07) is 1.53. The van der Waals surface area contributed by atoms with Gasteiger partial charge < -0.3 is 20.8 Å². The third kappa shape index (κ3) is 5.39. The number of carbonyl (C=O) groups excluding carboxylic acids is 1. The quantitative estimate of drug-likeness (QED) is 0.540. The molecule has 0 spiro atoms. The number of thiocarbonyl (C=S) groups is 1. The number of aromatic nitrogens is 1.